The molecule has 134 valence electrons. The lowest BCUT2D eigenvalue weighted by molar-refractivity contribution is -0.138. The van der Waals surface area contributed by atoms with Crippen molar-refractivity contribution in [1.29, 1.82) is 0 Å². The summed E-state index contributed by atoms with van der Waals surface area (Å²) < 4.78 is 2.04. The molecule has 6 heteroatoms. The van der Waals surface area contributed by atoms with Crippen molar-refractivity contribution in [3.63, 3.8) is 0 Å². The van der Waals surface area contributed by atoms with Crippen LogP contribution >= 0.6 is 11.8 Å². The third kappa shape index (κ3) is 3.09. The first-order valence-corrected chi connectivity index (χ1v) is 9.51. The van der Waals surface area contributed by atoms with Gasteiger partial charge in [0.1, 0.15) is 5.82 Å². The van der Waals surface area contributed by atoms with E-state index < -0.39 is 5.97 Å². The third-order valence-electron chi connectivity index (χ3n) is 4.70. The summed E-state index contributed by atoms with van der Waals surface area (Å²) in [4.78, 5) is 13.4. The van der Waals surface area contributed by atoms with E-state index in [9.17, 15) is 9.90 Å². The summed E-state index contributed by atoms with van der Waals surface area (Å²) in [5, 5.41) is 17.8. The summed E-state index contributed by atoms with van der Waals surface area (Å²) in [6.07, 6.45) is 2.80. The van der Waals surface area contributed by atoms with Crippen LogP contribution in [0.25, 0.3) is 5.65 Å². The normalized spacial score (nSPS) is 19.7. The average molecular weight is 367 g/mol. The fourth-order valence-corrected chi connectivity index (χ4v) is 4.29. The van der Waals surface area contributed by atoms with Crippen molar-refractivity contribution in [2.45, 2.75) is 48.3 Å². The van der Waals surface area contributed by atoms with Gasteiger partial charge in [-0.1, -0.05) is 50.7 Å². The maximum Gasteiger partial charge on any atom is 0.307 e. The largest absolute Gasteiger partial charge is 0.481 e. The molecular weight excluding hydrogens is 346 g/mol. The van der Waals surface area contributed by atoms with E-state index in [1.165, 1.54) is 0 Å². The molecule has 2 atom stereocenters. The van der Waals surface area contributed by atoms with Gasteiger partial charge in [0.25, 0.3) is 0 Å². The van der Waals surface area contributed by atoms with Gasteiger partial charge in [0.15, 0.2) is 5.65 Å². The Bertz CT molecular complexity index is 990. The molecule has 1 aliphatic rings. The highest BCUT2D eigenvalue weighted by atomic mass is 32.2. The number of aromatic nitrogens is 3. The van der Waals surface area contributed by atoms with Gasteiger partial charge in [-0.3, -0.25) is 9.20 Å². The summed E-state index contributed by atoms with van der Waals surface area (Å²) in [6, 6.07) is 12.1. The smallest absolute Gasteiger partial charge is 0.307 e. The van der Waals surface area contributed by atoms with Crippen molar-refractivity contribution in [2.75, 3.05) is 0 Å². The van der Waals surface area contributed by atoms with Crippen LogP contribution in [-0.4, -0.2) is 25.7 Å². The highest BCUT2D eigenvalue weighted by Gasteiger charge is 2.45. The molecule has 2 heterocycles. The topological polar surface area (TPSA) is 67.5 Å². The Kier molecular flexibility index (Phi) is 4.03. The zero-order chi connectivity index (χ0) is 18.5. The lowest BCUT2D eigenvalue weighted by Gasteiger charge is -2.16. The molecular formula is C20H21N3O2S. The van der Waals surface area contributed by atoms with Gasteiger partial charge in [-0.05, 0) is 36.1 Å². The minimum absolute atomic E-state index is 0.0939. The lowest BCUT2D eigenvalue weighted by Crippen LogP contribution is -2.15. The molecule has 1 saturated carbocycles. The highest BCUT2D eigenvalue weighted by Crippen LogP contribution is 2.50. The maximum atomic E-state index is 11.2. The first-order chi connectivity index (χ1) is 12.3. The number of nitrogens with zero attached hydrogens (tertiary/aromatic N) is 3. The number of hydrogen-bond acceptors (Lipinski definition) is 4. The Labute approximate surface area is 156 Å². The minimum Gasteiger partial charge on any atom is -0.481 e. The fourth-order valence-electron chi connectivity index (χ4n) is 3.26. The van der Waals surface area contributed by atoms with Crippen LogP contribution in [0.5, 0.6) is 0 Å². The zero-order valence-corrected chi connectivity index (χ0v) is 15.8. The predicted octanol–water partition coefficient (Wildman–Crippen LogP) is 4.37. The molecule has 0 amide bonds. The van der Waals surface area contributed by atoms with Crippen LogP contribution < -0.4 is 0 Å². The van der Waals surface area contributed by atoms with Crippen molar-refractivity contribution < 1.29 is 9.90 Å². The van der Waals surface area contributed by atoms with E-state index in [1.807, 2.05) is 34.7 Å². The first kappa shape index (κ1) is 17.1. The predicted molar refractivity (Wildman–Crippen MR) is 101 cm³/mol. The molecule has 3 aromatic rings. The van der Waals surface area contributed by atoms with Crippen LogP contribution in [0, 0.1) is 5.92 Å². The Morgan fingerprint density at radius 1 is 1.19 bits per heavy atom. The molecule has 0 radical (unpaired) electrons. The molecule has 2 aromatic heterocycles. The minimum atomic E-state index is -0.699. The molecule has 0 aliphatic heterocycles. The summed E-state index contributed by atoms with van der Waals surface area (Å²) >= 11 is 1.66. The van der Waals surface area contributed by atoms with Crippen LogP contribution in [0.15, 0.2) is 52.4 Å². The SMILES string of the molecule is CC(C)(C)c1nnc2ccc(Sc3ccccc3C3CC3C(=O)O)cn12. The number of benzene rings is 1. The molecule has 5 nitrogen and oxygen atoms in total. The second-order valence-corrected chi connectivity index (χ2v) is 8.91. The molecule has 1 aliphatic carbocycles. The number of aliphatic carboxylic acids is 1. The van der Waals surface area contributed by atoms with E-state index in [2.05, 4.69) is 43.2 Å². The second-order valence-electron chi connectivity index (χ2n) is 7.79. The summed E-state index contributed by atoms with van der Waals surface area (Å²) in [6.45, 7) is 6.37. The molecule has 1 N–H and O–H groups in total. The number of rotatable bonds is 4. The standard InChI is InChI=1S/C20H21N3O2S/c1-20(2,3)19-22-21-17-9-8-12(11-23(17)19)26-16-7-5-4-6-13(16)14-10-15(14)18(24)25/h4-9,11,14-15H,10H2,1-3H3,(H,24,25). The molecule has 26 heavy (non-hydrogen) atoms. The van der Waals surface area contributed by atoms with Crippen LogP contribution in [0.4, 0.5) is 0 Å². The van der Waals surface area contributed by atoms with Gasteiger partial charge in [-0.25, -0.2) is 0 Å². The van der Waals surface area contributed by atoms with Gasteiger partial charge in [0.05, 0.1) is 5.92 Å². The van der Waals surface area contributed by atoms with Crippen molar-refractivity contribution >= 4 is 23.4 Å². The van der Waals surface area contributed by atoms with Crippen LogP contribution in [-0.2, 0) is 10.2 Å². The maximum absolute atomic E-state index is 11.2. The van der Waals surface area contributed by atoms with Gasteiger partial charge in [0.2, 0.25) is 0 Å². The van der Waals surface area contributed by atoms with E-state index in [1.54, 1.807) is 11.8 Å². The Morgan fingerprint density at radius 2 is 1.96 bits per heavy atom. The quantitative estimate of drug-likeness (QED) is 0.742. The molecule has 0 saturated heterocycles. The third-order valence-corrected chi connectivity index (χ3v) is 5.77. The Hall–Kier alpha value is -2.34. The Balaban J connectivity index is 1.67. The van der Waals surface area contributed by atoms with Crippen LogP contribution in [0.1, 0.15) is 44.5 Å². The lowest BCUT2D eigenvalue weighted by atomic mass is 9.96. The number of pyridine rings is 1. The Morgan fingerprint density at radius 3 is 2.65 bits per heavy atom. The molecule has 1 aromatic carbocycles. The van der Waals surface area contributed by atoms with E-state index in [0.29, 0.717) is 0 Å². The first-order valence-electron chi connectivity index (χ1n) is 8.69. The number of carbonyl (C=O) groups is 1. The molecule has 1 fully saturated rings. The van der Waals surface area contributed by atoms with Crippen LogP contribution in [0.3, 0.4) is 0 Å². The van der Waals surface area contributed by atoms with Crippen LogP contribution in [0.2, 0.25) is 0 Å². The van der Waals surface area contributed by atoms with Gasteiger partial charge in [-0.15, -0.1) is 10.2 Å². The number of hydrogen-bond donors (Lipinski definition) is 1. The number of fused-ring (bicyclic) bond motifs is 1. The van der Waals surface area contributed by atoms with Gasteiger partial charge in [0, 0.05) is 21.4 Å². The fraction of sp³-hybridized carbons (Fsp3) is 0.350. The van der Waals surface area contributed by atoms with E-state index >= 15 is 0 Å². The molecule has 0 bridgehead atoms. The highest BCUT2D eigenvalue weighted by molar-refractivity contribution is 7.99. The van der Waals surface area contributed by atoms with E-state index in [0.717, 1.165) is 33.2 Å². The molecule has 2 unspecified atom stereocenters. The molecule has 4 rings (SSSR count). The zero-order valence-electron chi connectivity index (χ0n) is 15.0. The molecule has 0 spiro atoms. The van der Waals surface area contributed by atoms with E-state index in [4.69, 9.17) is 0 Å². The average Bonchev–Trinajstić information content (AvgIpc) is 3.26. The van der Waals surface area contributed by atoms with Crippen molar-refractivity contribution in [2.24, 2.45) is 5.92 Å². The van der Waals surface area contributed by atoms with Crippen molar-refractivity contribution in [3.8, 4) is 0 Å². The second kappa shape index (κ2) is 6.13. The van der Waals surface area contributed by atoms with Crippen molar-refractivity contribution in [1.82, 2.24) is 14.6 Å². The van der Waals surface area contributed by atoms with Gasteiger partial charge >= 0.3 is 5.97 Å². The summed E-state index contributed by atoms with van der Waals surface area (Å²) in [5.74, 6) is 0.108. The van der Waals surface area contributed by atoms with Crippen molar-refractivity contribution in [3.05, 3.63) is 54.0 Å². The number of carboxylic acid groups (broad SMARTS) is 1. The summed E-state index contributed by atoms with van der Waals surface area (Å²) in [5.41, 5.74) is 1.87. The summed E-state index contributed by atoms with van der Waals surface area (Å²) in [7, 11) is 0. The number of carboxylic acids is 1. The van der Waals surface area contributed by atoms with Gasteiger partial charge < -0.3 is 5.11 Å². The van der Waals surface area contributed by atoms with Gasteiger partial charge in [-0.2, -0.15) is 0 Å². The van der Waals surface area contributed by atoms with E-state index in [-0.39, 0.29) is 17.3 Å². The monoisotopic (exact) mass is 367 g/mol.